The minimum absolute atomic E-state index is 0.138. The molecule has 3 rings (SSSR count). The van der Waals surface area contributed by atoms with Crippen LogP contribution in [0, 0.1) is 6.92 Å². The lowest BCUT2D eigenvalue weighted by Gasteiger charge is -2.07. The first kappa shape index (κ1) is 17.3. The number of para-hydroxylation sites is 1. The number of carbonyl (C=O) groups excluding carboxylic acids is 1. The highest BCUT2D eigenvalue weighted by Crippen LogP contribution is 2.30. The van der Waals surface area contributed by atoms with Crippen LogP contribution in [0.2, 0.25) is 0 Å². The molecule has 1 N–H and O–H groups in total. The molecule has 2 aromatic carbocycles. The molecule has 128 valence electrons. The average molecular weight is 352 g/mol. The summed E-state index contributed by atoms with van der Waals surface area (Å²) in [6, 6.07) is 15.6. The van der Waals surface area contributed by atoms with E-state index in [0.717, 1.165) is 23.4 Å². The van der Waals surface area contributed by atoms with Gasteiger partial charge in [0.25, 0.3) is 5.91 Å². The molecular formula is C20H20N2O2S. The highest BCUT2D eigenvalue weighted by Gasteiger charge is 2.24. The minimum Gasteiger partial charge on any atom is -0.493 e. The lowest BCUT2D eigenvalue weighted by molar-refractivity contribution is -0.115. The number of benzene rings is 2. The van der Waals surface area contributed by atoms with Gasteiger partial charge in [0.1, 0.15) is 5.75 Å². The summed E-state index contributed by atoms with van der Waals surface area (Å²) in [7, 11) is 0. The van der Waals surface area contributed by atoms with Crippen molar-refractivity contribution in [1.29, 1.82) is 0 Å². The molecule has 0 bridgehead atoms. The fourth-order valence-corrected chi connectivity index (χ4v) is 3.13. The van der Waals surface area contributed by atoms with E-state index in [1.54, 1.807) is 0 Å². The van der Waals surface area contributed by atoms with Crippen LogP contribution in [0.5, 0.6) is 5.75 Å². The van der Waals surface area contributed by atoms with Crippen LogP contribution in [-0.4, -0.2) is 17.7 Å². The second kappa shape index (κ2) is 8.03. The van der Waals surface area contributed by atoms with Gasteiger partial charge in [0.15, 0.2) is 5.17 Å². The molecule has 1 aliphatic heterocycles. The van der Waals surface area contributed by atoms with Gasteiger partial charge in [-0.2, -0.15) is 0 Å². The van der Waals surface area contributed by atoms with E-state index < -0.39 is 0 Å². The molecule has 4 nitrogen and oxygen atoms in total. The van der Waals surface area contributed by atoms with E-state index in [0.29, 0.717) is 16.7 Å². The summed E-state index contributed by atoms with van der Waals surface area (Å²) >= 11 is 1.34. The van der Waals surface area contributed by atoms with Crippen molar-refractivity contribution in [2.75, 3.05) is 6.61 Å². The molecule has 0 saturated carbocycles. The van der Waals surface area contributed by atoms with E-state index in [1.807, 2.05) is 61.5 Å². The standard InChI is InChI=1S/C20H20N2O2S/c1-3-12-24-17-7-5-4-6-15(17)13-18-19(23)22-20(25-18)21-16-10-8-14(2)9-11-16/h4-11,13H,3,12H2,1-2H3,(H,21,22,23)/b18-13-. The molecule has 0 radical (unpaired) electrons. The summed E-state index contributed by atoms with van der Waals surface area (Å²) in [4.78, 5) is 17.3. The summed E-state index contributed by atoms with van der Waals surface area (Å²) in [6.45, 7) is 4.75. The summed E-state index contributed by atoms with van der Waals surface area (Å²) in [5.74, 6) is 0.648. The Bertz CT molecular complexity index is 826. The van der Waals surface area contributed by atoms with E-state index >= 15 is 0 Å². The second-order valence-corrected chi connectivity index (χ2v) is 6.73. The molecule has 0 spiro atoms. The van der Waals surface area contributed by atoms with Gasteiger partial charge in [-0.1, -0.05) is 42.8 Å². The fraction of sp³-hybridized carbons (Fsp3) is 0.200. The molecule has 2 aromatic rings. The first-order chi connectivity index (χ1) is 12.2. The third-order valence-electron chi connectivity index (χ3n) is 3.58. The van der Waals surface area contributed by atoms with Crippen molar-refractivity contribution < 1.29 is 9.53 Å². The van der Waals surface area contributed by atoms with E-state index in [1.165, 1.54) is 17.3 Å². The number of thioether (sulfide) groups is 1. The highest BCUT2D eigenvalue weighted by molar-refractivity contribution is 8.18. The van der Waals surface area contributed by atoms with Gasteiger partial charge < -0.3 is 10.1 Å². The van der Waals surface area contributed by atoms with Gasteiger partial charge in [-0.25, -0.2) is 4.99 Å². The van der Waals surface area contributed by atoms with Crippen LogP contribution in [-0.2, 0) is 4.79 Å². The third kappa shape index (κ3) is 4.51. The van der Waals surface area contributed by atoms with Crippen LogP contribution in [0.25, 0.3) is 6.08 Å². The van der Waals surface area contributed by atoms with Crippen LogP contribution in [0.15, 0.2) is 58.4 Å². The number of amidine groups is 1. The Labute approximate surface area is 152 Å². The predicted octanol–water partition coefficient (Wildman–Crippen LogP) is 4.68. The molecule has 0 aliphatic carbocycles. The molecule has 5 heteroatoms. The van der Waals surface area contributed by atoms with Crippen LogP contribution in [0.3, 0.4) is 0 Å². The average Bonchev–Trinajstić information content (AvgIpc) is 2.95. The summed E-state index contributed by atoms with van der Waals surface area (Å²) in [5.41, 5.74) is 2.89. The Morgan fingerprint density at radius 2 is 1.92 bits per heavy atom. The van der Waals surface area contributed by atoms with Crippen molar-refractivity contribution in [2.45, 2.75) is 20.3 Å². The Kier molecular flexibility index (Phi) is 5.56. The van der Waals surface area contributed by atoms with Crippen molar-refractivity contribution in [2.24, 2.45) is 4.99 Å². The van der Waals surface area contributed by atoms with Gasteiger partial charge >= 0.3 is 0 Å². The second-order valence-electron chi connectivity index (χ2n) is 5.70. The Morgan fingerprint density at radius 3 is 2.68 bits per heavy atom. The number of rotatable bonds is 5. The highest BCUT2D eigenvalue weighted by atomic mass is 32.2. The maximum Gasteiger partial charge on any atom is 0.264 e. The third-order valence-corrected chi connectivity index (χ3v) is 4.49. The topological polar surface area (TPSA) is 50.7 Å². The van der Waals surface area contributed by atoms with Gasteiger partial charge in [-0.15, -0.1) is 0 Å². The SMILES string of the molecule is CCCOc1ccccc1/C=C1\SC(=Nc2ccc(C)cc2)NC1=O. The van der Waals surface area contributed by atoms with E-state index in [9.17, 15) is 4.79 Å². The first-order valence-corrected chi connectivity index (χ1v) is 9.05. The molecule has 0 atom stereocenters. The number of hydrogen-bond acceptors (Lipinski definition) is 4. The number of nitrogens with zero attached hydrogens (tertiary/aromatic N) is 1. The quantitative estimate of drug-likeness (QED) is 0.795. The normalized spacial score (nSPS) is 17.1. The fourth-order valence-electron chi connectivity index (χ4n) is 2.30. The monoisotopic (exact) mass is 352 g/mol. The van der Waals surface area contributed by atoms with Crippen molar-refractivity contribution in [3.63, 3.8) is 0 Å². The number of hydrogen-bond donors (Lipinski definition) is 1. The molecule has 0 aromatic heterocycles. The number of ether oxygens (including phenoxy) is 1. The van der Waals surface area contributed by atoms with Gasteiger partial charge in [-0.3, -0.25) is 4.79 Å². The molecule has 25 heavy (non-hydrogen) atoms. The zero-order valence-electron chi connectivity index (χ0n) is 14.3. The van der Waals surface area contributed by atoms with Crippen LogP contribution in [0.4, 0.5) is 5.69 Å². The number of carbonyl (C=O) groups is 1. The molecule has 1 amide bonds. The van der Waals surface area contributed by atoms with Crippen LogP contribution in [0.1, 0.15) is 24.5 Å². The van der Waals surface area contributed by atoms with Gasteiger partial charge in [-0.05, 0) is 49.4 Å². The minimum atomic E-state index is -0.138. The summed E-state index contributed by atoms with van der Waals surface area (Å²) < 4.78 is 5.75. The largest absolute Gasteiger partial charge is 0.493 e. The Balaban J connectivity index is 1.81. The summed E-state index contributed by atoms with van der Waals surface area (Å²) in [5, 5.41) is 3.40. The zero-order chi connectivity index (χ0) is 17.6. The lowest BCUT2D eigenvalue weighted by atomic mass is 10.2. The Morgan fingerprint density at radius 1 is 1.16 bits per heavy atom. The van der Waals surface area contributed by atoms with Crippen molar-refractivity contribution in [1.82, 2.24) is 5.32 Å². The van der Waals surface area contributed by atoms with Gasteiger partial charge in [0.2, 0.25) is 0 Å². The predicted molar refractivity (Wildman–Crippen MR) is 104 cm³/mol. The van der Waals surface area contributed by atoms with Crippen LogP contribution >= 0.6 is 11.8 Å². The van der Waals surface area contributed by atoms with Crippen molar-refractivity contribution in [3.8, 4) is 5.75 Å². The summed E-state index contributed by atoms with van der Waals surface area (Å²) in [6.07, 6.45) is 2.79. The maximum atomic E-state index is 12.2. The number of aryl methyl sites for hydroxylation is 1. The smallest absolute Gasteiger partial charge is 0.264 e. The van der Waals surface area contributed by atoms with Crippen molar-refractivity contribution >= 4 is 34.6 Å². The number of amides is 1. The lowest BCUT2D eigenvalue weighted by Crippen LogP contribution is -2.19. The maximum absolute atomic E-state index is 12.2. The Hall–Kier alpha value is -2.53. The first-order valence-electron chi connectivity index (χ1n) is 8.24. The van der Waals surface area contributed by atoms with E-state index in [4.69, 9.17) is 4.74 Å². The van der Waals surface area contributed by atoms with E-state index in [-0.39, 0.29) is 5.91 Å². The molecular weight excluding hydrogens is 332 g/mol. The molecule has 1 fully saturated rings. The van der Waals surface area contributed by atoms with E-state index in [2.05, 4.69) is 17.2 Å². The molecule has 1 aliphatic rings. The number of aliphatic imine (C=N–C) groups is 1. The van der Waals surface area contributed by atoms with Gasteiger partial charge in [0, 0.05) is 5.56 Å². The van der Waals surface area contributed by atoms with Crippen LogP contribution < -0.4 is 10.1 Å². The molecule has 1 saturated heterocycles. The molecule has 0 unspecified atom stereocenters. The van der Waals surface area contributed by atoms with Crippen molar-refractivity contribution in [3.05, 3.63) is 64.6 Å². The zero-order valence-corrected chi connectivity index (χ0v) is 15.1. The number of nitrogens with one attached hydrogen (secondary N) is 1. The van der Waals surface area contributed by atoms with Gasteiger partial charge in [0.05, 0.1) is 17.2 Å². The molecule has 1 heterocycles.